The lowest BCUT2D eigenvalue weighted by molar-refractivity contribution is -0.132. The third-order valence-electron chi connectivity index (χ3n) is 5.97. The fourth-order valence-electron chi connectivity index (χ4n) is 4.20. The van der Waals surface area contributed by atoms with Gasteiger partial charge in [0.05, 0.1) is 12.6 Å². The average molecular weight is 415 g/mol. The van der Waals surface area contributed by atoms with Crippen LogP contribution in [0.3, 0.4) is 0 Å². The largest absolute Gasteiger partial charge is 0.346 e. The van der Waals surface area contributed by atoms with Crippen LogP contribution in [0.4, 0.5) is 0 Å². The molecule has 1 saturated heterocycles. The van der Waals surface area contributed by atoms with Crippen LogP contribution in [-0.2, 0) is 24.8 Å². The number of carbonyl (C=O) groups excluding carboxylic acids is 1. The fourth-order valence-corrected chi connectivity index (χ4v) is 4.20. The van der Waals surface area contributed by atoms with Gasteiger partial charge < -0.3 is 9.88 Å². The summed E-state index contributed by atoms with van der Waals surface area (Å²) in [6.45, 7) is 4.29. The molecule has 31 heavy (non-hydrogen) atoms. The summed E-state index contributed by atoms with van der Waals surface area (Å²) in [5, 5.41) is 5.24. The van der Waals surface area contributed by atoms with Crippen LogP contribution in [0.2, 0.25) is 0 Å². The van der Waals surface area contributed by atoms with Crippen molar-refractivity contribution in [3.05, 3.63) is 72.3 Å². The molecule has 1 aromatic carbocycles. The van der Waals surface area contributed by atoms with Crippen LogP contribution in [0.1, 0.15) is 11.1 Å². The number of pyridine rings is 1. The Balaban J connectivity index is 1.24. The first kappa shape index (κ1) is 19.5. The molecule has 7 nitrogen and oxygen atoms in total. The van der Waals surface area contributed by atoms with E-state index in [1.54, 1.807) is 4.68 Å². The number of benzene rings is 1. The van der Waals surface area contributed by atoms with E-state index < -0.39 is 0 Å². The van der Waals surface area contributed by atoms with E-state index >= 15 is 0 Å². The zero-order valence-corrected chi connectivity index (χ0v) is 17.7. The number of fused-ring (bicyclic) bond motifs is 1. The number of hydrogen-bond donors (Lipinski definition) is 1. The molecule has 5 rings (SSSR count). The summed E-state index contributed by atoms with van der Waals surface area (Å²) in [4.78, 5) is 25.1. The highest BCUT2D eigenvalue weighted by atomic mass is 16.2. The van der Waals surface area contributed by atoms with Crippen LogP contribution >= 0.6 is 0 Å². The monoisotopic (exact) mass is 414 g/mol. The highest BCUT2D eigenvalue weighted by Crippen LogP contribution is 2.25. The zero-order valence-electron chi connectivity index (χ0n) is 17.7. The second-order valence-corrected chi connectivity index (χ2v) is 8.16. The van der Waals surface area contributed by atoms with Gasteiger partial charge in [-0.25, -0.2) is 4.98 Å². The van der Waals surface area contributed by atoms with E-state index in [2.05, 4.69) is 50.3 Å². The molecule has 0 unspecified atom stereocenters. The van der Waals surface area contributed by atoms with Gasteiger partial charge >= 0.3 is 0 Å². The van der Waals surface area contributed by atoms with Gasteiger partial charge in [-0.1, -0.05) is 30.3 Å². The van der Waals surface area contributed by atoms with Gasteiger partial charge in [0.1, 0.15) is 5.65 Å². The van der Waals surface area contributed by atoms with Gasteiger partial charge in [-0.05, 0) is 17.2 Å². The van der Waals surface area contributed by atoms with Crippen molar-refractivity contribution in [1.29, 1.82) is 0 Å². The summed E-state index contributed by atoms with van der Waals surface area (Å²) in [6, 6.07) is 12.6. The lowest BCUT2D eigenvalue weighted by Crippen LogP contribution is -2.48. The van der Waals surface area contributed by atoms with Gasteiger partial charge in [0.25, 0.3) is 0 Å². The molecule has 1 N–H and O–H groups in total. The van der Waals surface area contributed by atoms with E-state index in [0.717, 1.165) is 60.4 Å². The third-order valence-corrected chi connectivity index (χ3v) is 5.97. The molecule has 0 spiro atoms. The number of amides is 1. The second kappa shape index (κ2) is 8.35. The lowest BCUT2D eigenvalue weighted by Gasteiger charge is -2.34. The van der Waals surface area contributed by atoms with Crippen molar-refractivity contribution in [1.82, 2.24) is 29.5 Å². The number of hydrogen-bond acceptors (Lipinski definition) is 4. The van der Waals surface area contributed by atoms with Crippen molar-refractivity contribution < 1.29 is 4.79 Å². The van der Waals surface area contributed by atoms with Crippen molar-refractivity contribution in [2.75, 3.05) is 26.2 Å². The Labute approximate surface area is 181 Å². The maximum atomic E-state index is 13.0. The van der Waals surface area contributed by atoms with Crippen molar-refractivity contribution in [3.8, 4) is 11.1 Å². The van der Waals surface area contributed by atoms with Gasteiger partial charge in [-0.3, -0.25) is 14.4 Å². The van der Waals surface area contributed by atoms with Gasteiger partial charge in [0, 0.05) is 74.9 Å². The van der Waals surface area contributed by atoms with Crippen molar-refractivity contribution in [2.45, 2.75) is 13.0 Å². The fraction of sp³-hybridized carbons (Fsp3) is 0.292. The van der Waals surface area contributed by atoms with Crippen LogP contribution in [-0.4, -0.2) is 61.6 Å². The Bertz CT molecular complexity index is 1190. The molecule has 1 amide bonds. The molecular formula is C24H26N6O. The molecule has 158 valence electrons. The van der Waals surface area contributed by atoms with Crippen molar-refractivity contribution in [3.63, 3.8) is 0 Å². The molecule has 1 fully saturated rings. The molecule has 4 heterocycles. The van der Waals surface area contributed by atoms with Gasteiger partial charge in [-0.15, -0.1) is 0 Å². The first-order valence-electron chi connectivity index (χ1n) is 10.6. The Morgan fingerprint density at radius 1 is 1.06 bits per heavy atom. The van der Waals surface area contributed by atoms with Gasteiger partial charge in [-0.2, -0.15) is 5.10 Å². The quantitative estimate of drug-likeness (QED) is 0.545. The van der Waals surface area contributed by atoms with E-state index in [-0.39, 0.29) is 5.91 Å². The van der Waals surface area contributed by atoms with Crippen LogP contribution in [0.25, 0.3) is 22.2 Å². The minimum absolute atomic E-state index is 0.173. The standard InChI is InChI=1S/C24H26N6O/c1-28-17-21(15-27-28)19-11-22-20(14-26-24(22)25-13-19)12-23(31)30-9-7-29(8-10-30)16-18-5-3-2-4-6-18/h2-6,11,13-15,17H,7-10,12,16H2,1H3,(H,25,26). The third kappa shape index (κ3) is 4.22. The summed E-state index contributed by atoms with van der Waals surface area (Å²) >= 11 is 0. The Kier molecular flexibility index (Phi) is 5.26. The molecule has 1 aliphatic rings. The molecule has 0 atom stereocenters. The highest BCUT2D eigenvalue weighted by Gasteiger charge is 2.22. The molecule has 1 aliphatic heterocycles. The summed E-state index contributed by atoms with van der Waals surface area (Å²) in [6.07, 6.45) is 7.93. The number of H-pyrrole nitrogens is 1. The minimum Gasteiger partial charge on any atom is -0.346 e. The van der Waals surface area contributed by atoms with Crippen LogP contribution < -0.4 is 0 Å². The van der Waals surface area contributed by atoms with Gasteiger partial charge in [0.2, 0.25) is 5.91 Å². The molecule has 0 bridgehead atoms. The van der Waals surface area contributed by atoms with E-state index in [0.29, 0.717) is 6.42 Å². The number of carbonyl (C=O) groups is 1. The molecule has 3 aromatic heterocycles. The lowest BCUT2D eigenvalue weighted by atomic mass is 10.1. The molecule has 0 aliphatic carbocycles. The first-order valence-corrected chi connectivity index (χ1v) is 10.6. The normalized spacial score (nSPS) is 14.9. The van der Waals surface area contributed by atoms with E-state index in [9.17, 15) is 4.79 Å². The summed E-state index contributed by atoms with van der Waals surface area (Å²) < 4.78 is 1.78. The van der Waals surface area contributed by atoms with E-state index in [1.165, 1.54) is 5.56 Å². The van der Waals surface area contributed by atoms with Crippen molar-refractivity contribution in [2.24, 2.45) is 7.05 Å². The average Bonchev–Trinajstić information content (AvgIpc) is 3.41. The maximum absolute atomic E-state index is 13.0. The van der Waals surface area contributed by atoms with Gasteiger partial charge in [0.15, 0.2) is 0 Å². The molecule has 7 heteroatoms. The Morgan fingerprint density at radius 2 is 1.87 bits per heavy atom. The predicted octanol–water partition coefficient (Wildman–Crippen LogP) is 2.85. The Hall–Kier alpha value is -3.45. The SMILES string of the molecule is Cn1cc(-c2cnc3[nH]cc(CC(=O)N4CCN(Cc5ccccc5)CC4)c3c2)cn1. The minimum atomic E-state index is 0.173. The molecule has 0 radical (unpaired) electrons. The number of aromatic amines is 1. The Morgan fingerprint density at radius 3 is 2.61 bits per heavy atom. The topological polar surface area (TPSA) is 70.1 Å². The summed E-state index contributed by atoms with van der Waals surface area (Å²) in [5.74, 6) is 0.173. The predicted molar refractivity (Wildman–Crippen MR) is 120 cm³/mol. The van der Waals surface area contributed by atoms with Crippen LogP contribution in [0.5, 0.6) is 0 Å². The van der Waals surface area contributed by atoms with Crippen LogP contribution in [0.15, 0.2) is 61.2 Å². The van der Waals surface area contributed by atoms with Crippen molar-refractivity contribution >= 4 is 16.9 Å². The maximum Gasteiger partial charge on any atom is 0.227 e. The number of rotatable bonds is 5. The second-order valence-electron chi connectivity index (χ2n) is 8.16. The summed E-state index contributed by atoms with van der Waals surface area (Å²) in [7, 11) is 1.90. The molecular weight excluding hydrogens is 388 g/mol. The van der Waals surface area contributed by atoms with E-state index in [1.807, 2.05) is 42.8 Å². The number of aryl methyl sites for hydroxylation is 1. The smallest absolute Gasteiger partial charge is 0.227 e. The number of nitrogens with one attached hydrogen (secondary N) is 1. The zero-order chi connectivity index (χ0) is 21.2. The summed E-state index contributed by atoms with van der Waals surface area (Å²) in [5.41, 5.74) is 5.14. The van der Waals surface area contributed by atoms with E-state index in [4.69, 9.17) is 0 Å². The number of piperazine rings is 1. The number of aromatic nitrogens is 4. The highest BCUT2D eigenvalue weighted by molar-refractivity contribution is 5.89. The molecule has 0 saturated carbocycles. The first-order chi connectivity index (χ1) is 15.2. The molecule has 4 aromatic rings. The van der Waals surface area contributed by atoms with Crippen LogP contribution in [0, 0.1) is 0 Å². The number of nitrogens with zero attached hydrogens (tertiary/aromatic N) is 5.